The predicted molar refractivity (Wildman–Crippen MR) is 195 cm³/mol. The fourth-order valence-electron chi connectivity index (χ4n) is 7.80. The Kier molecular flexibility index (Phi) is 8.47. The highest BCUT2D eigenvalue weighted by molar-refractivity contribution is 5.74. The zero-order valence-electron chi connectivity index (χ0n) is 30.7. The number of aromatic hydroxyl groups is 2. The zero-order chi connectivity index (χ0) is 35.5. The van der Waals surface area contributed by atoms with Crippen LogP contribution in [0.25, 0.3) is 16.7 Å². The number of benzene rings is 4. The van der Waals surface area contributed by atoms with Gasteiger partial charge in [0.1, 0.15) is 22.5 Å². The second-order valence-electron chi connectivity index (χ2n) is 17.5. The molecule has 0 unspecified atom stereocenters. The SMILES string of the molecule is CC(C)(C)CC(C)(C)c1cc(Cc2cc(C(C)(C)CC(C)(C)C)cc([NH+]3N=c4ccccc4=N3)c2O)c(O)c(-n2nc3ccccc3n2)c1. The first-order valence-electron chi connectivity index (χ1n) is 17.2. The van der Waals surface area contributed by atoms with E-state index in [-0.39, 0.29) is 39.6 Å². The zero-order valence-corrected chi connectivity index (χ0v) is 30.7. The second kappa shape index (κ2) is 12.1. The normalized spacial score (nSPS) is 14.2. The molecule has 3 N–H and O–H groups in total. The summed E-state index contributed by atoms with van der Waals surface area (Å²) < 4.78 is 0. The topological polar surface area (TPSA) is 100 Å². The van der Waals surface area contributed by atoms with Crippen molar-refractivity contribution < 1.29 is 15.3 Å². The van der Waals surface area contributed by atoms with Gasteiger partial charge in [-0.2, -0.15) is 0 Å². The standard InChI is InChI=1S/C41H50N6O2/c1-38(2,3)24-40(7,8)28-20-26(36(48)34(22-28)46-42-30-15-11-12-16-31(30)43-46)19-27-21-29(41(9,10)25-39(4,5)6)23-35(37(27)49)47-44-32-17-13-14-18-33(32)45-47/h11-18,20-23,48-49H,19,24-25H2,1-10H3/p+1. The van der Waals surface area contributed by atoms with Crippen molar-refractivity contribution in [2.75, 3.05) is 0 Å². The number of fused-ring (bicyclic) bond motifs is 2. The maximum absolute atomic E-state index is 12.0. The maximum Gasteiger partial charge on any atom is 0.227 e. The van der Waals surface area contributed by atoms with Crippen molar-refractivity contribution in [3.05, 3.63) is 106 Å². The van der Waals surface area contributed by atoms with Crippen LogP contribution < -0.4 is 15.8 Å². The van der Waals surface area contributed by atoms with Crippen molar-refractivity contribution in [3.63, 3.8) is 0 Å². The van der Waals surface area contributed by atoms with Crippen LogP contribution in [0.1, 0.15) is 104 Å². The van der Waals surface area contributed by atoms with Gasteiger partial charge >= 0.3 is 0 Å². The molecule has 1 aliphatic heterocycles. The van der Waals surface area contributed by atoms with Crippen molar-refractivity contribution in [1.82, 2.24) is 15.0 Å². The van der Waals surface area contributed by atoms with Crippen molar-refractivity contribution >= 4 is 16.7 Å². The van der Waals surface area contributed by atoms with E-state index in [1.54, 1.807) is 0 Å². The fraction of sp³-hybridized carbons (Fsp3) is 0.415. The van der Waals surface area contributed by atoms with Gasteiger partial charge in [0.05, 0.1) is 0 Å². The number of phenols is 2. The van der Waals surface area contributed by atoms with E-state index in [0.29, 0.717) is 27.6 Å². The molecule has 49 heavy (non-hydrogen) atoms. The maximum atomic E-state index is 12.0. The minimum absolute atomic E-state index is 0.0730. The summed E-state index contributed by atoms with van der Waals surface area (Å²) in [6.07, 6.45) is 2.14. The largest absolute Gasteiger partial charge is 0.505 e. The van der Waals surface area contributed by atoms with Crippen LogP contribution >= 0.6 is 0 Å². The molecule has 6 rings (SSSR count). The van der Waals surface area contributed by atoms with Gasteiger partial charge in [-0.1, -0.05) is 111 Å². The Hall–Kier alpha value is -4.56. The molecule has 0 saturated heterocycles. The highest BCUT2D eigenvalue weighted by atomic mass is 16.3. The lowest BCUT2D eigenvalue weighted by molar-refractivity contribution is -0.849. The Bertz CT molecular complexity index is 2100. The molecule has 0 amide bonds. The van der Waals surface area contributed by atoms with Crippen molar-refractivity contribution in [2.24, 2.45) is 21.0 Å². The molecule has 1 aromatic heterocycles. The van der Waals surface area contributed by atoms with Gasteiger partial charge in [-0.05, 0) is 86.2 Å². The van der Waals surface area contributed by atoms with Crippen molar-refractivity contribution in [2.45, 2.75) is 99.3 Å². The van der Waals surface area contributed by atoms with Crippen molar-refractivity contribution in [3.8, 4) is 17.2 Å². The van der Waals surface area contributed by atoms with E-state index in [9.17, 15) is 10.2 Å². The summed E-state index contributed by atoms with van der Waals surface area (Å²) in [5, 5.41) is 45.2. The molecule has 8 nitrogen and oxygen atoms in total. The first-order chi connectivity index (χ1) is 22.8. The average molecular weight is 660 g/mol. The van der Waals surface area contributed by atoms with E-state index in [1.165, 1.54) is 4.80 Å². The molecular weight excluding hydrogens is 608 g/mol. The summed E-state index contributed by atoms with van der Waals surface area (Å²) in [5.41, 5.74) is 5.86. The van der Waals surface area contributed by atoms with Crippen LogP contribution in [0.3, 0.4) is 0 Å². The molecule has 0 saturated carbocycles. The Balaban J connectivity index is 1.54. The number of rotatable bonds is 8. The molecule has 1 aliphatic rings. The fourth-order valence-corrected chi connectivity index (χ4v) is 7.80. The summed E-state index contributed by atoms with van der Waals surface area (Å²) in [6.45, 7) is 22.5. The Morgan fingerprint density at radius 2 is 1.04 bits per heavy atom. The highest BCUT2D eigenvalue weighted by Gasteiger charge is 2.33. The van der Waals surface area contributed by atoms with E-state index in [0.717, 1.165) is 45.7 Å². The number of nitrogens with one attached hydrogen (secondary N) is 1. The van der Waals surface area contributed by atoms with Crippen LogP contribution in [0.5, 0.6) is 11.5 Å². The summed E-state index contributed by atoms with van der Waals surface area (Å²) in [6, 6.07) is 23.7. The molecule has 256 valence electrons. The third-order valence-electron chi connectivity index (χ3n) is 9.32. The van der Waals surface area contributed by atoms with Crippen LogP contribution in [0.4, 0.5) is 5.69 Å². The van der Waals surface area contributed by atoms with Crippen LogP contribution in [0.15, 0.2) is 83.0 Å². The predicted octanol–water partition coefficient (Wildman–Crippen LogP) is 7.15. The molecule has 5 aromatic rings. The van der Waals surface area contributed by atoms with Crippen molar-refractivity contribution in [1.29, 1.82) is 0 Å². The third kappa shape index (κ3) is 7.25. The van der Waals surface area contributed by atoms with Gasteiger partial charge in [-0.3, -0.25) is 0 Å². The molecule has 0 aliphatic carbocycles. The number of phenolic OH excluding ortho intramolecular Hbond substituents is 2. The van der Waals surface area contributed by atoms with Crippen LogP contribution in [0.2, 0.25) is 0 Å². The third-order valence-corrected chi connectivity index (χ3v) is 9.32. The molecule has 0 bridgehead atoms. The van der Waals surface area contributed by atoms with E-state index in [1.807, 2.05) is 60.7 Å². The first kappa shape index (κ1) is 34.3. The van der Waals surface area contributed by atoms with Crippen LogP contribution in [-0.4, -0.2) is 25.2 Å². The van der Waals surface area contributed by atoms with Gasteiger partial charge in [0, 0.05) is 23.6 Å². The molecular formula is C41H51N6O2+. The van der Waals surface area contributed by atoms with E-state index in [4.69, 9.17) is 20.4 Å². The number of hydrogen-bond donors (Lipinski definition) is 3. The van der Waals surface area contributed by atoms with Gasteiger partial charge < -0.3 is 10.2 Å². The molecule has 2 heterocycles. The minimum Gasteiger partial charge on any atom is -0.505 e. The smallest absolute Gasteiger partial charge is 0.227 e. The van der Waals surface area contributed by atoms with Crippen LogP contribution in [-0.2, 0) is 17.3 Å². The van der Waals surface area contributed by atoms with Gasteiger partial charge in [-0.15, -0.1) is 15.0 Å². The van der Waals surface area contributed by atoms with E-state index < -0.39 is 0 Å². The first-order valence-corrected chi connectivity index (χ1v) is 17.2. The molecule has 4 aromatic carbocycles. The summed E-state index contributed by atoms with van der Waals surface area (Å²) in [5.74, 6) is 0.208. The molecule has 0 radical (unpaired) electrons. The molecule has 8 heteroatoms. The highest BCUT2D eigenvalue weighted by Crippen LogP contribution is 2.43. The van der Waals surface area contributed by atoms with E-state index in [2.05, 4.69) is 81.4 Å². The average Bonchev–Trinajstić information content (AvgIpc) is 3.61. The number of quaternary nitrogens is 1. The number of nitrogens with zero attached hydrogens (tertiary/aromatic N) is 5. The van der Waals surface area contributed by atoms with E-state index >= 15 is 0 Å². The van der Waals surface area contributed by atoms with Gasteiger partial charge in [0.25, 0.3) is 0 Å². The minimum atomic E-state index is -0.227. The Morgan fingerprint density at radius 1 is 0.592 bits per heavy atom. The Morgan fingerprint density at radius 3 is 1.53 bits per heavy atom. The lowest BCUT2D eigenvalue weighted by Gasteiger charge is -2.34. The summed E-state index contributed by atoms with van der Waals surface area (Å²) in [4.78, 5) is 1.54. The monoisotopic (exact) mass is 659 g/mol. The summed E-state index contributed by atoms with van der Waals surface area (Å²) in [7, 11) is 0. The molecule has 0 atom stereocenters. The number of aromatic nitrogens is 3. The Labute approximate surface area is 289 Å². The lowest BCUT2D eigenvalue weighted by Crippen LogP contribution is -2.96. The van der Waals surface area contributed by atoms with Crippen LogP contribution in [0, 0.1) is 10.8 Å². The van der Waals surface area contributed by atoms with Gasteiger partial charge in [0.15, 0.2) is 16.5 Å². The lowest BCUT2D eigenvalue weighted by atomic mass is 9.71. The number of hydrogen-bond acceptors (Lipinski definition) is 6. The quantitative estimate of drug-likeness (QED) is 0.154. The summed E-state index contributed by atoms with van der Waals surface area (Å²) >= 11 is 0. The molecule has 0 spiro atoms. The van der Waals surface area contributed by atoms with Gasteiger partial charge in [-0.25, -0.2) is 0 Å². The molecule has 0 fully saturated rings. The number of para-hydroxylation sites is 2. The second-order valence-corrected chi connectivity index (χ2v) is 17.5. The van der Waals surface area contributed by atoms with Gasteiger partial charge in [0.2, 0.25) is 5.69 Å².